The van der Waals surface area contributed by atoms with Crippen molar-refractivity contribution in [3.63, 3.8) is 0 Å². The molecule has 3 N–H and O–H groups in total. The zero-order chi connectivity index (χ0) is 13.9. The van der Waals surface area contributed by atoms with Gasteiger partial charge in [-0.3, -0.25) is 14.9 Å². The molecule has 1 spiro atoms. The minimum Gasteiger partial charge on any atom is -0.383 e. The monoisotopic (exact) mass is 270 g/mol. The number of methoxy groups -OCH3 is 1. The number of imide groups is 1. The summed E-state index contributed by atoms with van der Waals surface area (Å²) in [6, 6.07) is -0.488. The van der Waals surface area contributed by atoms with Gasteiger partial charge in [0, 0.05) is 20.2 Å². The summed E-state index contributed by atoms with van der Waals surface area (Å²) in [6.07, 6.45) is 0.453. The molecular formula is C11H18N4O4. The molecule has 1 atom stereocenters. The molecule has 8 heteroatoms. The fourth-order valence-electron chi connectivity index (χ4n) is 2.32. The lowest BCUT2D eigenvalue weighted by molar-refractivity contribution is -0.130. The molecule has 2 saturated heterocycles. The van der Waals surface area contributed by atoms with Crippen LogP contribution in [0.25, 0.3) is 0 Å². The summed E-state index contributed by atoms with van der Waals surface area (Å²) >= 11 is 0. The molecule has 0 aliphatic carbocycles. The average Bonchev–Trinajstić information content (AvgIpc) is 2.90. The van der Waals surface area contributed by atoms with Crippen LogP contribution in [0.2, 0.25) is 0 Å². The Bertz CT molecular complexity index is 400. The third-order valence-corrected chi connectivity index (χ3v) is 3.40. The van der Waals surface area contributed by atoms with Gasteiger partial charge in [-0.05, 0) is 6.42 Å². The van der Waals surface area contributed by atoms with Crippen LogP contribution in [-0.4, -0.2) is 68.2 Å². The van der Waals surface area contributed by atoms with Crippen LogP contribution in [0.3, 0.4) is 0 Å². The zero-order valence-corrected chi connectivity index (χ0v) is 10.8. The van der Waals surface area contributed by atoms with Gasteiger partial charge in [0.15, 0.2) is 0 Å². The van der Waals surface area contributed by atoms with E-state index in [1.54, 1.807) is 12.0 Å². The van der Waals surface area contributed by atoms with Crippen molar-refractivity contribution in [2.24, 2.45) is 0 Å². The van der Waals surface area contributed by atoms with Gasteiger partial charge in [0.1, 0.15) is 5.54 Å². The van der Waals surface area contributed by atoms with Gasteiger partial charge in [-0.15, -0.1) is 0 Å². The Morgan fingerprint density at radius 3 is 2.95 bits per heavy atom. The molecular weight excluding hydrogens is 252 g/mol. The van der Waals surface area contributed by atoms with Gasteiger partial charge in [0.05, 0.1) is 19.7 Å². The summed E-state index contributed by atoms with van der Waals surface area (Å²) in [5.74, 6) is -0.429. The van der Waals surface area contributed by atoms with E-state index in [1.165, 1.54) is 0 Å². The molecule has 19 heavy (non-hydrogen) atoms. The average molecular weight is 270 g/mol. The first kappa shape index (κ1) is 13.8. The highest BCUT2D eigenvalue weighted by Crippen LogP contribution is 2.24. The number of carbonyl (C=O) groups is 3. The summed E-state index contributed by atoms with van der Waals surface area (Å²) in [4.78, 5) is 36.4. The molecule has 0 aromatic heterocycles. The van der Waals surface area contributed by atoms with Gasteiger partial charge >= 0.3 is 6.03 Å². The van der Waals surface area contributed by atoms with E-state index in [2.05, 4.69) is 16.0 Å². The van der Waals surface area contributed by atoms with Crippen molar-refractivity contribution in [3.05, 3.63) is 0 Å². The number of amides is 4. The highest BCUT2D eigenvalue weighted by atomic mass is 16.5. The fourth-order valence-corrected chi connectivity index (χ4v) is 2.32. The highest BCUT2D eigenvalue weighted by molar-refractivity contribution is 6.07. The van der Waals surface area contributed by atoms with Crippen LogP contribution in [0, 0.1) is 0 Å². The van der Waals surface area contributed by atoms with Crippen molar-refractivity contribution in [1.29, 1.82) is 0 Å². The van der Waals surface area contributed by atoms with Crippen LogP contribution in [0.15, 0.2) is 0 Å². The minimum absolute atomic E-state index is 0.0815. The summed E-state index contributed by atoms with van der Waals surface area (Å²) < 4.78 is 4.86. The largest absolute Gasteiger partial charge is 0.383 e. The van der Waals surface area contributed by atoms with E-state index in [-0.39, 0.29) is 24.9 Å². The lowest BCUT2D eigenvalue weighted by Gasteiger charge is -2.21. The Morgan fingerprint density at radius 2 is 2.32 bits per heavy atom. The minimum atomic E-state index is -0.931. The van der Waals surface area contributed by atoms with Crippen LogP contribution in [0.5, 0.6) is 0 Å². The van der Waals surface area contributed by atoms with Gasteiger partial charge in [-0.2, -0.15) is 0 Å². The molecule has 2 aliphatic heterocycles. The van der Waals surface area contributed by atoms with Crippen molar-refractivity contribution in [3.8, 4) is 0 Å². The molecule has 1 unspecified atom stereocenters. The van der Waals surface area contributed by atoms with E-state index in [0.29, 0.717) is 26.1 Å². The van der Waals surface area contributed by atoms with E-state index >= 15 is 0 Å². The second-order valence-corrected chi connectivity index (χ2v) is 4.73. The second-order valence-electron chi connectivity index (χ2n) is 4.73. The summed E-state index contributed by atoms with van der Waals surface area (Å²) in [6.45, 7) is 2.04. The molecule has 2 aliphatic rings. The molecule has 4 amide bonds. The van der Waals surface area contributed by atoms with Crippen LogP contribution < -0.4 is 16.0 Å². The lowest BCUT2D eigenvalue weighted by Crippen LogP contribution is -2.50. The Labute approximate surface area is 110 Å². The molecule has 0 radical (unpaired) electrons. The Balaban J connectivity index is 1.83. The first-order chi connectivity index (χ1) is 9.07. The molecule has 2 fully saturated rings. The van der Waals surface area contributed by atoms with E-state index in [1.807, 2.05) is 0 Å². The molecule has 2 heterocycles. The topological polar surface area (TPSA) is 99.8 Å². The number of ether oxygens (including phenoxy) is 1. The predicted octanol–water partition coefficient (Wildman–Crippen LogP) is -1.97. The lowest BCUT2D eigenvalue weighted by atomic mass is 10.00. The summed E-state index contributed by atoms with van der Waals surface area (Å²) in [5, 5.41) is 7.77. The zero-order valence-electron chi connectivity index (χ0n) is 10.8. The number of nitrogens with zero attached hydrogens (tertiary/aromatic N) is 1. The molecule has 0 aromatic carbocycles. The van der Waals surface area contributed by atoms with Crippen molar-refractivity contribution < 1.29 is 19.1 Å². The SMILES string of the molecule is COCCNCC(=O)N1CCC2(C1)NC(=O)NC2=O. The predicted molar refractivity (Wildman–Crippen MR) is 65.3 cm³/mol. The first-order valence-corrected chi connectivity index (χ1v) is 6.18. The number of hydrogen-bond acceptors (Lipinski definition) is 5. The summed E-state index contributed by atoms with van der Waals surface area (Å²) in [7, 11) is 1.59. The number of hydrogen-bond donors (Lipinski definition) is 3. The van der Waals surface area contributed by atoms with Crippen LogP contribution in [0.4, 0.5) is 4.79 Å². The van der Waals surface area contributed by atoms with Crippen LogP contribution >= 0.6 is 0 Å². The Hall–Kier alpha value is -1.67. The third kappa shape index (κ3) is 2.85. The standard InChI is InChI=1S/C11H18N4O4/c1-19-5-3-12-6-8(16)15-4-2-11(7-15)9(17)13-10(18)14-11/h12H,2-7H2,1H3,(H2,13,14,17,18). The van der Waals surface area contributed by atoms with E-state index in [9.17, 15) is 14.4 Å². The second kappa shape index (κ2) is 5.54. The van der Waals surface area contributed by atoms with Gasteiger partial charge in [-0.1, -0.05) is 0 Å². The number of carbonyl (C=O) groups excluding carboxylic acids is 3. The van der Waals surface area contributed by atoms with Crippen molar-refractivity contribution in [2.75, 3.05) is 39.9 Å². The Morgan fingerprint density at radius 1 is 1.53 bits per heavy atom. The maximum absolute atomic E-state index is 11.9. The molecule has 8 nitrogen and oxygen atoms in total. The number of rotatable bonds is 5. The van der Waals surface area contributed by atoms with Gasteiger partial charge < -0.3 is 20.3 Å². The van der Waals surface area contributed by atoms with Crippen molar-refractivity contribution in [2.45, 2.75) is 12.0 Å². The van der Waals surface area contributed by atoms with Crippen LogP contribution in [0.1, 0.15) is 6.42 Å². The first-order valence-electron chi connectivity index (χ1n) is 6.18. The van der Waals surface area contributed by atoms with Crippen molar-refractivity contribution in [1.82, 2.24) is 20.9 Å². The third-order valence-electron chi connectivity index (χ3n) is 3.40. The van der Waals surface area contributed by atoms with E-state index in [4.69, 9.17) is 4.74 Å². The van der Waals surface area contributed by atoms with Crippen LogP contribution in [-0.2, 0) is 14.3 Å². The normalized spacial score (nSPS) is 25.8. The van der Waals surface area contributed by atoms with E-state index in [0.717, 1.165) is 0 Å². The molecule has 0 bridgehead atoms. The number of urea groups is 1. The summed E-state index contributed by atoms with van der Waals surface area (Å²) in [5.41, 5.74) is -0.931. The number of likely N-dealkylation sites (tertiary alicyclic amines) is 1. The number of nitrogens with one attached hydrogen (secondary N) is 3. The fraction of sp³-hybridized carbons (Fsp3) is 0.727. The van der Waals surface area contributed by atoms with E-state index < -0.39 is 11.6 Å². The molecule has 2 rings (SSSR count). The molecule has 0 saturated carbocycles. The van der Waals surface area contributed by atoms with Gasteiger partial charge in [0.2, 0.25) is 5.91 Å². The maximum atomic E-state index is 11.9. The highest BCUT2D eigenvalue weighted by Gasteiger charge is 2.51. The quantitative estimate of drug-likeness (QED) is 0.397. The van der Waals surface area contributed by atoms with Gasteiger partial charge in [0.25, 0.3) is 5.91 Å². The van der Waals surface area contributed by atoms with Crippen molar-refractivity contribution >= 4 is 17.8 Å². The molecule has 106 valence electrons. The maximum Gasteiger partial charge on any atom is 0.322 e. The smallest absolute Gasteiger partial charge is 0.322 e. The molecule has 0 aromatic rings. The van der Waals surface area contributed by atoms with Gasteiger partial charge in [-0.25, -0.2) is 4.79 Å². The Kier molecular flexibility index (Phi) is 4.01.